The maximum atomic E-state index is 4.39. The quantitative estimate of drug-likeness (QED) is 0.811. The van der Waals surface area contributed by atoms with Gasteiger partial charge in [-0.15, -0.1) is 0 Å². The average molecular weight is 326 g/mol. The number of nitrogens with zero attached hydrogens (tertiary/aromatic N) is 6. The van der Waals surface area contributed by atoms with Crippen LogP contribution in [0.5, 0.6) is 0 Å². The molecule has 0 aromatic carbocycles. The number of rotatable bonds is 6. The molecular weight excluding hydrogens is 300 g/mol. The molecule has 1 aliphatic heterocycles. The van der Waals surface area contributed by atoms with Crippen molar-refractivity contribution >= 4 is 0 Å². The zero-order valence-electron chi connectivity index (χ0n) is 14.5. The van der Waals surface area contributed by atoms with Crippen LogP contribution in [0, 0.1) is 0 Å². The number of aromatic nitrogens is 4. The van der Waals surface area contributed by atoms with Crippen LogP contribution in [0.3, 0.4) is 0 Å². The van der Waals surface area contributed by atoms with Gasteiger partial charge in [0.05, 0.1) is 13.1 Å². The van der Waals surface area contributed by atoms with Crippen molar-refractivity contribution in [3.8, 4) is 0 Å². The van der Waals surface area contributed by atoms with E-state index in [4.69, 9.17) is 0 Å². The molecule has 6 heteroatoms. The van der Waals surface area contributed by atoms with Crippen molar-refractivity contribution in [3.63, 3.8) is 0 Å². The highest BCUT2D eigenvalue weighted by atomic mass is 15.3. The minimum Gasteiger partial charge on any atom is -0.290 e. The van der Waals surface area contributed by atoms with Crippen molar-refractivity contribution in [3.05, 3.63) is 48.6 Å². The molecule has 3 rings (SSSR count). The Morgan fingerprint density at radius 2 is 1.12 bits per heavy atom. The third kappa shape index (κ3) is 4.13. The summed E-state index contributed by atoms with van der Waals surface area (Å²) in [5.74, 6) is 1.82. The van der Waals surface area contributed by atoms with E-state index < -0.39 is 0 Å². The van der Waals surface area contributed by atoms with Crippen molar-refractivity contribution in [1.82, 2.24) is 29.7 Å². The summed E-state index contributed by atoms with van der Waals surface area (Å²) in [5.41, 5.74) is 0. The molecule has 2 aromatic rings. The Morgan fingerprint density at radius 1 is 0.750 bits per heavy atom. The van der Waals surface area contributed by atoms with Gasteiger partial charge < -0.3 is 0 Å². The molecule has 0 spiro atoms. The first-order valence-electron chi connectivity index (χ1n) is 8.80. The van der Waals surface area contributed by atoms with Gasteiger partial charge in [-0.2, -0.15) is 0 Å². The Hall–Kier alpha value is -1.92. The number of hydrogen-bond donors (Lipinski definition) is 0. The van der Waals surface area contributed by atoms with E-state index in [0.29, 0.717) is 12.1 Å². The molecule has 2 atom stereocenters. The van der Waals surface area contributed by atoms with Crippen LogP contribution in [-0.4, -0.2) is 54.9 Å². The number of piperazine rings is 1. The molecule has 0 N–H and O–H groups in total. The van der Waals surface area contributed by atoms with Gasteiger partial charge >= 0.3 is 0 Å². The predicted molar refractivity (Wildman–Crippen MR) is 93.0 cm³/mol. The van der Waals surface area contributed by atoms with Gasteiger partial charge in [0, 0.05) is 50.0 Å². The van der Waals surface area contributed by atoms with E-state index in [1.807, 2.05) is 36.9 Å². The third-order valence-electron chi connectivity index (χ3n) is 4.79. The van der Waals surface area contributed by atoms with E-state index in [2.05, 4.69) is 43.6 Å². The molecule has 0 aliphatic carbocycles. The van der Waals surface area contributed by atoms with Gasteiger partial charge in [0.25, 0.3) is 0 Å². The molecule has 0 saturated carbocycles. The first kappa shape index (κ1) is 16.9. The van der Waals surface area contributed by atoms with Crippen LogP contribution in [0.4, 0.5) is 0 Å². The molecule has 1 aliphatic rings. The lowest BCUT2D eigenvalue weighted by Crippen LogP contribution is -2.57. The molecule has 6 nitrogen and oxygen atoms in total. The zero-order chi connectivity index (χ0) is 16.8. The second-order valence-electron chi connectivity index (χ2n) is 6.31. The van der Waals surface area contributed by atoms with E-state index in [9.17, 15) is 0 Å². The van der Waals surface area contributed by atoms with E-state index in [1.54, 1.807) is 0 Å². The second-order valence-corrected chi connectivity index (χ2v) is 6.31. The Kier molecular flexibility index (Phi) is 5.82. The molecule has 1 saturated heterocycles. The Morgan fingerprint density at radius 3 is 1.46 bits per heavy atom. The molecule has 1 fully saturated rings. The fraction of sp³-hybridized carbons (Fsp3) is 0.556. The van der Waals surface area contributed by atoms with Gasteiger partial charge in [-0.1, -0.05) is 13.8 Å². The van der Waals surface area contributed by atoms with E-state index in [-0.39, 0.29) is 0 Å². The van der Waals surface area contributed by atoms with E-state index >= 15 is 0 Å². The second kappa shape index (κ2) is 8.26. The molecule has 24 heavy (non-hydrogen) atoms. The minimum absolute atomic E-state index is 0.514. The van der Waals surface area contributed by atoms with Crippen LogP contribution in [0.1, 0.15) is 38.3 Å². The monoisotopic (exact) mass is 326 g/mol. The van der Waals surface area contributed by atoms with Gasteiger partial charge in [-0.05, 0) is 25.0 Å². The molecule has 0 unspecified atom stereocenters. The van der Waals surface area contributed by atoms with E-state index in [0.717, 1.165) is 50.7 Å². The van der Waals surface area contributed by atoms with Crippen LogP contribution in [-0.2, 0) is 13.1 Å². The summed E-state index contributed by atoms with van der Waals surface area (Å²) in [6.07, 6.45) is 9.53. The Labute approximate surface area is 144 Å². The van der Waals surface area contributed by atoms with Crippen molar-refractivity contribution in [2.24, 2.45) is 0 Å². The summed E-state index contributed by atoms with van der Waals surface area (Å²) in [7, 11) is 0. The fourth-order valence-corrected chi connectivity index (χ4v) is 3.42. The number of hydrogen-bond acceptors (Lipinski definition) is 6. The maximum absolute atomic E-state index is 4.39. The van der Waals surface area contributed by atoms with Gasteiger partial charge in [0.1, 0.15) is 11.6 Å². The van der Waals surface area contributed by atoms with E-state index in [1.165, 1.54) is 0 Å². The lowest BCUT2D eigenvalue weighted by Gasteiger charge is -2.45. The van der Waals surface area contributed by atoms with Crippen molar-refractivity contribution in [1.29, 1.82) is 0 Å². The molecule has 128 valence electrons. The van der Waals surface area contributed by atoms with Gasteiger partial charge in [0.2, 0.25) is 0 Å². The van der Waals surface area contributed by atoms with Crippen LogP contribution in [0.2, 0.25) is 0 Å². The molecule has 0 amide bonds. The first-order chi connectivity index (χ1) is 11.8. The summed E-state index contributed by atoms with van der Waals surface area (Å²) < 4.78 is 0. The summed E-state index contributed by atoms with van der Waals surface area (Å²) in [6.45, 7) is 8.25. The first-order valence-corrected chi connectivity index (χ1v) is 8.80. The molecular formula is C18H26N6. The van der Waals surface area contributed by atoms with Crippen molar-refractivity contribution in [2.75, 3.05) is 13.1 Å². The molecule has 0 bridgehead atoms. The molecule has 2 aromatic heterocycles. The third-order valence-corrected chi connectivity index (χ3v) is 4.79. The van der Waals surface area contributed by atoms with Crippen LogP contribution < -0.4 is 0 Å². The summed E-state index contributed by atoms with van der Waals surface area (Å²) >= 11 is 0. The standard InChI is InChI=1S/C18H26N6/c1-3-15-11-24(14-18-21-9-6-10-22-18)16(4-2)12-23(15)13-17-19-7-5-8-20-17/h5-10,15-16H,3-4,11-14H2,1-2H3/t15-,16-/m0/s1. The lowest BCUT2D eigenvalue weighted by molar-refractivity contribution is 0.0123. The van der Waals surface area contributed by atoms with Crippen LogP contribution >= 0.6 is 0 Å². The average Bonchev–Trinajstić information content (AvgIpc) is 2.64. The highest BCUT2D eigenvalue weighted by molar-refractivity contribution is 4.96. The predicted octanol–water partition coefficient (Wildman–Crippen LogP) is 2.14. The maximum Gasteiger partial charge on any atom is 0.142 e. The molecule has 3 heterocycles. The summed E-state index contributed by atoms with van der Waals surface area (Å²) in [4.78, 5) is 22.6. The van der Waals surface area contributed by atoms with Gasteiger partial charge in [-0.3, -0.25) is 9.80 Å². The summed E-state index contributed by atoms with van der Waals surface area (Å²) in [6, 6.07) is 4.77. The normalized spacial score (nSPS) is 22.6. The summed E-state index contributed by atoms with van der Waals surface area (Å²) in [5, 5.41) is 0. The van der Waals surface area contributed by atoms with Gasteiger partial charge in [0.15, 0.2) is 0 Å². The Balaban J connectivity index is 1.69. The smallest absolute Gasteiger partial charge is 0.142 e. The topological polar surface area (TPSA) is 58.0 Å². The van der Waals surface area contributed by atoms with Crippen LogP contribution in [0.25, 0.3) is 0 Å². The largest absolute Gasteiger partial charge is 0.290 e. The SMILES string of the molecule is CC[C@H]1CN(Cc2ncccn2)[C@@H](CC)CN1Cc1ncccn1. The van der Waals surface area contributed by atoms with Gasteiger partial charge in [-0.25, -0.2) is 19.9 Å². The Bertz CT molecular complexity index is 550. The zero-order valence-corrected chi connectivity index (χ0v) is 14.5. The molecule has 0 radical (unpaired) electrons. The highest BCUT2D eigenvalue weighted by Crippen LogP contribution is 2.22. The van der Waals surface area contributed by atoms with Crippen LogP contribution in [0.15, 0.2) is 36.9 Å². The van der Waals surface area contributed by atoms with Crippen molar-refractivity contribution < 1.29 is 0 Å². The highest BCUT2D eigenvalue weighted by Gasteiger charge is 2.32. The minimum atomic E-state index is 0.514. The van der Waals surface area contributed by atoms with Crippen molar-refractivity contribution in [2.45, 2.75) is 51.9 Å². The fourth-order valence-electron chi connectivity index (χ4n) is 3.42. The lowest BCUT2D eigenvalue weighted by atomic mass is 10.0.